The molecule has 0 fully saturated rings. The van der Waals surface area contributed by atoms with E-state index in [1.165, 1.54) is 11.8 Å². The molecule has 1 aromatic carbocycles. The van der Waals surface area contributed by atoms with Gasteiger partial charge in [-0.05, 0) is 36.8 Å². The van der Waals surface area contributed by atoms with Gasteiger partial charge >= 0.3 is 0 Å². The van der Waals surface area contributed by atoms with Gasteiger partial charge in [0, 0.05) is 12.0 Å². The number of thioether (sulfide) groups is 1. The number of rotatable bonds is 8. The third-order valence-corrected chi connectivity index (χ3v) is 4.23. The van der Waals surface area contributed by atoms with Crippen molar-refractivity contribution in [2.24, 2.45) is 0 Å². The normalized spacial score (nSPS) is 10.7. The van der Waals surface area contributed by atoms with Crippen LogP contribution in [0.5, 0.6) is 5.75 Å². The van der Waals surface area contributed by atoms with Crippen LogP contribution in [0, 0.1) is 0 Å². The van der Waals surface area contributed by atoms with Gasteiger partial charge in [-0.15, -0.1) is 0 Å². The second-order valence-corrected chi connectivity index (χ2v) is 6.18. The average Bonchev–Trinajstić information content (AvgIpc) is 2.57. The lowest BCUT2D eigenvalue weighted by atomic mass is 10.0. The topological polar surface area (TPSA) is 55.0 Å². The molecule has 4 nitrogen and oxygen atoms in total. The Kier molecular flexibility index (Phi) is 6.71. The zero-order valence-corrected chi connectivity index (χ0v) is 14.8. The summed E-state index contributed by atoms with van der Waals surface area (Å²) >= 11 is 1.45. The zero-order chi connectivity index (χ0) is 16.7. The first-order valence-electron chi connectivity index (χ1n) is 8.05. The lowest BCUT2D eigenvalue weighted by Gasteiger charge is -2.10. The van der Waals surface area contributed by atoms with Crippen molar-refractivity contribution < 1.29 is 4.74 Å². The van der Waals surface area contributed by atoms with Gasteiger partial charge in [0.1, 0.15) is 5.75 Å². The van der Waals surface area contributed by atoms with E-state index in [4.69, 9.17) is 4.74 Å². The Morgan fingerprint density at radius 3 is 2.83 bits per heavy atom. The molecule has 0 amide bonds. The fourth-order valence-corrected chi connectivity index (χ4v) is 2.77. The van der Waals surface area contributed by atoms with E-state index in [1.807, 2.05) is 37.4 Å². The Morgan fingerprint density at radius 2 is 2.13 bits per heavy atom. The van der Waals surface area contributed by atoms with Crippen molar-refractivity contribution >= 4 is 11.8 Å². The summed E-state index contributed by atoms with van der Waals surface area (Å²) in [6, 6.07) is 7.96. The van der Waals surface area contributed by atoms with Crippen molar-refractivity contribution in [3.63, 3.8) is 0 Å². The molecule has 1 heterocycles. The van der Waals surface area contributed by atoms with Gasteiger partial charge in [0.2, 0.25) is 0 Å². The van der Waals surface area contributed by atoms with E-state index in [1.54, 1.807) is 0 Å². The molecular weight excluding hydrogens is 308 g/mol. The molecule has 5 heteroatoms. The molecule has 0 spiro atoms. The van der Waals surface area contributed by atoms with E-state index in [0.717, 1.165) is 48.4 Å². The van der Waals surface area contributed by atoms with Crippen LogP contribution in [0.4, 0.5) is 0 Å². The monoisotopic (exact) mass is 332 g/mol. The van der Waals surface area contributed by atoms with Crippen molar-refractivity contribution in [2.75, 3.05) is 12.9 Å². The van der Waals surface area contributed by atoms with Crippen LogP contribution in [-0.4, -0.2) is 22.8 Å². The summed E-state index contributed by atoms with van der Waals surface area (Å²) in [5, 5.41) is 0.673. The van der Waals surface area contributed by atoms with E-state index in [0.29, 0.717) is 11.6 Å². The minimum atomic E-state index is -0.0431. The quantitative estimate of drug-likeness (QED) is 0.453. The average molecular weight is 332 g/mol. The summed E-state index contributed by atoms with van der Waals surface area (Å²) in [5.74, 6) is 0.860. The van der Waals surface area contributed by atoms with Gasteiger partial charge in [0.25, 0.3) is 5.56 Å². The molecule has 124 valence electrons. The lowest BCUT2D eigenvalue weighted by Crippen LogP contribution is -2.18. The number of benzene rings is 1. The molecule has 1 aromatic heterocycles. The number of nitrogens with zero attached hydrogens (tertiary/aromatic N) is 1. The van der Waals surface area contributed by atoms with Gasteiger partial charge in [-0.1, -0.05) is 44.2 Å². The molecule has 0 unspecified atom stereocenters. The lowest BCUT2D eigenvalue weighted by molar-refractivity contribution is 0.309. The summed E-state index contributed by atoms with van der Waals surface area (Å²) in [7, 11) is 0. The number of aryl methyl sites for hydroxylation is 1. The summed E-state index contributed by atoms with van der Waals surface area (Å²) in [6.07, 6.45) is 5.39. The highest BCUT2D eigenvalue weighted by Crippen LogP contribution is 2.18. The highest BCUT2D eigenvalue weighted by molar-refractivity contribution is 7.98. The van der Waals surface area contributed by atoms with E-state index in [9.17, 15) is 4.79 Å². The molecule has 1 N–H and O–H groups in total. The smallest absolute Gasteiger partial charge is 0.255 e. The number of ether oxygens (including phenoxy) is 1. The second kappa shape index (κ2) is 8.77. The zero-order valence-electron chi connectivity index (χ0n) is 14.0. The number of unbranched alkanes of at least 4 members (excludes halogenated alkanes) is 1. The van der Waals surface area contributed by atoms with Crippen molar-refractivity contribution in [1.82, 2.24) is 9.97 Å². The number of aromatic amines is 1. The minimum absolute atomic E-state index is 0.0431. The fourth-order valence-electron chi connectivity index (χ4n) is 2.38. The highest BCUT2D eigenvalue weighted by Gasteiger charge is 2.11. The predicted molar refractivity (Wildman–Crippen MR) is 95.7 cm³/mol. The van der Waals surface area contributed by atoms with Gasteiger partial charge in [-0.3, -0.25) is 4.79 Å². The Morgan fingerprint density at radius 1 is 1.30 bits per heavy atom. The van der Waals surface area contributed by atoms with Gasteiger partial charge in [-0.2, -0.15) is 0 Å². The standard InChI is InChI=1S/C18H24N2O2S/c1-4-6-10-22-14-9-7-8-13(11-14)12-15-16(5-2)19-18(23-3)20-17(15)21/h7-9,11H,4-6,10,12H2,1-3H3,(H,19,20,21). The number of hydrogen-bond donors (Lipinski definition) is 1. The first-order chi connectivity index (χ1) is 11.2. The number of nitrogens with one attached hydrogen (secondary N) is 1. The van der Waals surface area contributed by atoms with Crippen LogP contribution in [0.1, 0.15) is 43.5 Å². The van der Waals surface area contributed by atoms with Crippen molar-refractivity contribution in [3.05, 3.63) is 51.4 Å². The molecule has 0 aliphatic heterocycles. The maximum atomic E-state index is 12.3. The Balaban J connectivity index is 2.22. The van der Waals surface area contributed by atoms with E-state index >= 15 is 0 Å². The molecule has 0 aliphatic rings. The van der Waals surface area contributed by atoms with Crippen LogP contribution in [0.2, 0.25) is 0 Å². The molecule has 2 rings (SSSR count). The van der Waals surface area contributed by atoms with E-state index < -0.39 is 0 Å². The highest BCUT2D eigenvalue weighted by atomic mass is 32.2. The maximum absolute atomic E-state index is 12.3. The van der Waals surface area contributed by atoms with Crippen molar-refractivity contribution in [2.45, 2.75) is 44.7 Å². The van der Waals surface area contributed by atoms with Crippen molar-refractivity contribution in [1.29, 1.82) is 0 Å². The SMILES string of the molecule is CCCCOc1cccc(Cc2c(CC)nc(SC)[nH]c2=O)c1. The molecule has 23 heavy (non-hydrogen) atoms. The summed E-state index contributed by atoms with van der Waals surface area (Å²) in [4.78, 5) is 19.7. The van der Waals surface area contributed by atoms with E-state index in [2.05, 4.69) is 16.9 Å². The number of H-pyrrole nitrogens is 1. The van der Waals surface area contributed by atoms with Crippen molar-refractivity contribution in [3.8, 4) is 5.75 Å². The van der Waals surface area contributed by atoms with E-state index in [-0.39, 0.29) is 5.56 Å². The molecule has 0 atom stereocenters. The summed E-state index contributed by atoms with van der Waals surface area (Å²) in [5.41, 5.74) is 2.64. The summed E-state index contributed by atoms with van der Waals surface area (Å²) < 4.78 is 5.74. The Bertz CT molecular complexity index is 698. The van der Waals surface area contributed by atoms with Crippen LogP contribution in [0.3, 0.4) is 0 Å². The minimum Gasteiger partial charge on any atom is -0.494 e. The fraction of sp³-hybridized carbons (Fsp3) is 0.444. The Labute approximate surface area is 141 Å². The van der Waals surface area contributed by atoms with Crippen LogP contribution < -0.4 is 10.3 Å². The first-order valence-corrected chi connectivity index (χ1v) is 9.28. The van der Waals surface area contributed by atoms with Gasteiger partial charge in [-0.25, -0.2) is 4.98 Å². The predicted octanol–water partition coefficient (Wildman–Crippen LogP) is 3.82. The van der Waals surface area contributed by atoms with Crippen LogP contribution in [0.15, 0.2) is 34.2 Å². The van der Waals surface area contributed by atoms with Crippen LogP contribution in [0.25, 0.3) is 0 Å². The molecular formula is C18H24N2O2S. The molecule has 2 aromatic rings. The van der Waals surface area contributed by atoms with Crippen LogP contribution in [-0.2, 0) is 12.8 Å². The first kappa shape index (κ1) is 17.6. The summed E-state index contributed by atoms with van der Waals surface area (Å²) in [6.45, 7) is 4.90. The number of aromatic nitrogens is 2. The third-order valence-electron chi connectivity index (χ3n) is 3.65. The van der Waals surface area contributed by atoms with Gasteiger partial charge in [0.15, 0.2) is 5.16 Å². The largest absolute Gasteiger partial charge is 0.494 e. The van der Waals surface area contributed by atoms with Crippen LogP contribution >= 0.6 is 11.8 Å². The molecule has 0 aliphatic carbocycles. The molecule has 0 bridgehead atoms. The Hall–Kier alpha value is -1.75. The third kappa shape index (κ3) is 4.86. The van der Waals surface area contributed by atoms with Gasteiger partial charge < -0.3 is 9.72 Å². The second-order valence-electron chi connectivity index (χ2n) is 5.38. The molecule has 0 saturated carbocycles. The number of hydrogen-bond acceptors (Lipinski definition) is 4. The molecule has 0 radical (unpaired) electrons. The molecule has 0 saturated heterocycles. The maximum Gasteiger partial charge on any atom is 0.255 e. The van der Waals surface area contributed by atoms with Gasteiger partial charge in [0.05, 0.1) is 12.3 Å².